The Kier molecular flexibility index (Phi) is 6.98. The molecule has 1 saturated heterocycles. The van der Waals surface area contributed by atoms with Crippen LogP contribution in [-0.2, 0) is 18.3 Å². The molecule has 1 N–H and O–H groups in total. The molecule has 1 atom stereocenters. The first-order chi connectivity index (χ1) is 13.6. The summed E-state index contributed by atoms with van der Waals surface area (Å²) in [6, 6.07) is 2.00. The summed E-state index contributed by atoms with van der Waals surface area (Å²) in [5.74, 6) is 2.52. The minimum Gasteiger partial charge on any atom is -0.486 e. The average Bonchev–Trinajstić information content (AvgIpc) is 3.40. The predicted octanol–water partition coefficient (Wildman–Crippen LogP) is 3.59. The molecule has 0 aromatic carbocycles. The Morgan fingerprint density at radius 2 is 2.21 bits per heavy atom. The van der Waals surface area contributed by atoms with Crippen molar-refractivity contribution in [1.82, 2.24) is 24.7 Å². The topological polar surface area (TPSA) is 65.6 Å². The predicted molar refractivity (Wildman–Crippen MR) is 115 cm³/mol. The Bertz CT molecular complexity index is 950. The molecule has 28 heavy (non-hydrogen) atoms. The summed E-state index contributed by atoms with van der Waals surface area (Å²) in [6.07, 6.45) is 4.48. The maximum atomic E-state index is 6.34. The summed E-state index contributed by atoms with van der Waals surface area (Å²) in [5, 5.41) is 12.8. The van der Waals surface area contributed by atoms with Crippen LogP contribution in [0.4, 0.5) is 0 Å². The van der Waals surface area contributed by atoms with Gasteiger partial charge >= 0.3 is 0 Å². The van der Waals surface area contributed by atoms with Crippen molar-refractivity contribution in [3.05, 3.63) is 34.7 Å². The molecule has 4 rings (SSSR count). The summed E-state index contributed by atoms with van der Waals surface area (Å²) < 4.78 is 15.3. The molecule has 3 aromatic rings. The van der Waals surface area contributed by atoms with Crippen LogP contribution in [0.3, 0.4) is 0 Å². The number of aryl methyl sites for hydroxylation is 1. The normalized spacial score (nSPS) is 16.3. The van der Waals surface area contributed by atoms with Gasteiger partial charge in [0, 0.05) is 31.8 Å². The van der Waals surface area contributed by atoms with Gasteiger partial charge in [0.2, 0.25) is 0 Å². The van der Waals surface area contributed by atoms with Gasteiger partial charge < -0.3 is 14.8 Å². The SMILES string of the molecule is CBr.CNCc1c(C)c(-c2cc(OC3CCOC3)c3c(Cl)cnn3c2)nn1C. The van der Waals surface area contributed by atoms with Crippen molar-refractivity contribution in [2.75, 3.05) is 26.1 Å². The third-order valence-electron chi connectivity index (χ3n) is 4.76. The smallest absolute Gasteiger partial charge is 0.147 e. The fraction of sp³-hybridized carbons (Fsp3) is 0.474. The minimum atomic E-state index is 0.0321. The van der Waals surface area contributed by atoms with Crippen molar-refractivity contribution in [1.29, 1.82) is 0 Å². The highest BCUT2D eigenvalue weighted by Gasteiger charge is 2.22. The Hall–Kier alpha value is -1.61. The molecular weight excluding hydrogens is 446 g/mol. The maximum Gasteiger partial charge on any atom is 0.147 e. The van der Waals surface area contributed by atoms with Crippen molar-refractivity contribution in [3.8, 4) is 17.0 Å². The highest BCUT2D eigenvalue weighted by Crippen LogP contribution is 2.34. The van der Waals surface area contributed by atoms with E-state index in [1.165, 1.54) is 0 Å². The second-order valence-electron chi connectivity index (χ2n) is 6.56. The molecule has 4 heterocycles. The van der Waals surface area contributed by atoms with Crippen LogP contribution in [0.1, 0.15) is 17.7 Å². The van der Waals surface area contributed by atoms with Crippen LogP contribution in [0.2, 0.25) is 5.02 Å². The number of fused-ring (bicyclic) bond motifs is 1. The fourth-order valence-electron chi connectivity index (χ4n) is 3.41. The Morgan fingerprint density at radius 3 is 2.89 bits per heavy atom. The first kappa shape index (κ1) is 21.1. The molecule has 0 spiro atoms. The number of alkyl halides is 1. The Morgan fingerprint density at radius 1 is 1.43 bits per heavy atom. The van der Waals surface area contributed by atoms with Gasteiger partial charge in [-0.1, -0.05) is 27.5 Å². The molecule has 0 bridgehead atoms. The van der Waals surface area contributed by atoms with Crippen molar-refractivity contribution < 1.29 is 9.47 Å². The molecule has 0 radical (unpaired) electrons. The van der Waals surface area contributed by atoms with Crippen molar-refractivity contribution in [3.63, 3.8) is 0 Å². The lowest BCUT2D eigenvalue weighted by Gasteiger charge is -2.14. The Balaban J connectivity index is 0.00000109. The number of ether oxygens (including phenoxy) is 2. The summed E-state index contributed by atoms with van der Waals surface area (Å²) in [4.78, 5) is 0. The van der Waals surface area contributed by atoms with Crippen LogP contribution in [0.15, 0.2) is 18.5 Å². The van der Waals surface area contributed by atoms with E-state index >= 15 is 0 Å². The molecule has 9 heteroatoms. The van der Waals surface area contributed by atoms with E-state index in [0.717, 1.165) is 47.6 Å². The summed E-state index contributed by atoms with van der Waals surface area (Å²) in [7, 11) is 3.89. The molecule has 0 amide bonds. The zero-order valence-corrected chi connectivity index (χ0v) is 18.8. The summed E-state index contributed by atoms with van der Waals surface area (Å²) in [6.45, 7) is 4.16. The number of hydrogen-bond donors (Lipinski definition) is 1. The van der Waals surface area contributed by atoms with Gasteiger partial charge in [0.25, 0.3) is 0 Å². The molecule has 1 fully saturated rings. The van der Waals surface area contributed by atoms with Gasteiger partial charge in [0.1, 0.15) is 17.4 Å². The second kappa shape index (κ2) is 9.26. The molecular formula is C19H25BrClN5O2. The standard InChI is InChI=1S/C18H22ClN5O2.CH3Br/c1-11-15(8-20-2)23(3)22-17(11)12-6-16(26-13-4-5-25-10-13)18-14(19)7-21-24(18)9-12;1-2/h6-7,9,13,20H,4-5,8,10H2,1-3H3;1H3. The highest BCUT2D eigenvalue weighted by atomic mass is 79.9. The first-order valence-electron chi connectivity index (χ1n) is 9.05. The Labute approximate surface area is 178 Å². The van der Waals surface area contributed by atoms with E-state index in [1.807, 2.05) is 36.9 Å². The van der Waals surface area contributed by atoms with Gasteiger partial charge in [-0.25, -0.2) is 4.52 Å². The molecule has 152 valence electrons. The number of pyridine rings is 1. The zero-order valence-electron chi connectivity index (χ0n) is 16.5. The number of nitrogens with zero attached hydrogens (tertiary/aromatic N) is 4. The maximum absolute atomic E-state index is 6.34. The lowest BCUT2D eigenvalue weighted by atomic mass is 10.1. The number of hydrogen-bond acceptors (Lipinski definition) is 5. The molecule has 1 aliphatic rings. The average molecular weight is 471 g/mol. The fourth-order valence-corrected chi connectivity index (χ4v) is 3.63. The zero-order chi connectivity index (χ0) is 20.3. The van der Waals surface area contributed by atoms with Gasteiger partial charge in [-0.05, 0) is 31.4 Å². The van der Waals surface area contributed by atoms with E-state index in [1.54, 1.807) is 10.7 Å². The molecule has 1 unspecified atom stereocenters. The molecule has 1 aliphatic heterocycles. The largest absolute Gasteiger partial charge is 0.486 e. The van der Waals surface area contributed by atoms with Crippen molar-refractivity contribution >= 4 is 33.0 Å². The molecule has 7 nitrogen and oxygen atoms in total. The molecule has 0 aliphatic carbocycles. The van der Waals surface area contributed by atoms with E-state index in [0.29, 0.717) is 17.4 Å². The monoisotopic (exact) mass is 469 g/mol. The number of halogens is 2. The van der Waals surface area contributed by atoms with E-state index in [2.05, 4.69) is 33.3 Å². The van der Waals surface area contributed by atoms with Crippen LogP contribution in [0.5, 0.6) is 5.75 Å². The van der Waals surface area contributed by atoms with Gasteiger partial charge in [-0.3, -0.25) is 4.68 Å². The summed E-state index contributed by atoms with van der Waals surface area (Å²) in [5.41, 5.74) is 4.91. The van der Waals surface area contributed by atoms with Crippen molar-refractivity contribution in [2.45, 2.75) is 26.0 Å². The number of rotatable bonds is 5. The van der Waals surface area contributed by atoms with Crippen LogP contribution < -0.4 is 10.1 Å². The molecule has 0 saturated carbocycles. The third kappa shape index (κ3) is 4.05. The van der Waals surface area contributed by atoms with E-state index < -0.39 is 0 Å². The molecule has 3 aromatic heterocycles. The van der Waals surface area contributed by atoms with E-state index in [4.69, 9.17) is 26.2 Å². The van der Waals surface area contributed by atoms with E-state index in [-0.39, 0.29) is 6.10 Å². The van der Waals surface area contributed by atoms with Crippen LogP contribution >= 0.6 is 27.5 Å². The quantitative estimate of drug-likeness (QED) is 0.577. The van der Waals surface area contributed by atoms with Crippen LogP contribution in [0, 0.1) is 6.92 Å². The van der Waals surface area contributed by atoms with Gasteiger partial charge in [0.05, 0.1) is 35.8 Å². The van der Waals surface area contributed by atoms with Gasteiger partial charge in [-0.15, -0.1) is 0 Å². The van der Waals surface area contributed by atoms with Crippen molar-refractivity contribution in [2.24, 2.45) is 7.05 Å². The third-order valence-corrected chi connectivity index (χ3v) is 5.04. The van der Waals surface area contributed by atoms with Gasteiger partial charge in [-0.2, -0.15) is 10.2 Å². The lowest BCUT2D eigenvalue weighted by Crippen LogP contribution is -2.16. The highest BCUT2D eigenvalue weighted by molar-refractivity contribution is 9.08. The second-order valence-corrected chi connectivity index (χ2v) is 6.96. The number of nitrogens with one attached hydrogen (secondary N) is 1. The minimum absolute atomic E-state index is 0.0321. The van der Waals surface area contributed by atoms with Crippen LogP contribution in [-0.4, -0.2) is 51.6 Å². The summed E-state index contributed by atoms with van der Waals surface area (Å²) >= 11 is 9.28. The van der Waals surface area contributed by atoms with Crippen LogP contribution in [0.25, 0.3) is 16.8 Å². The van der Waals surface area contributed by atoms with E-state index in [9.17, 15) is 0 Å². The number of aromatic nitrogens is 4. The lowest BCUT2D eigenvalue weighted by molar-refractivity contribution is 0.142. The first-order valence-corrected chi connectivity index (χ1v) is 11.0. The van der Waals surface area contributed by atoms with Gasteiger partial charge in [0.15, 0.2) is 0 Å².